The number of sulfonamides is 1. The van der Waals surface area contributed by atoms with E-state index in [0.717, 1.165) is 5.56 Å². The fourth-order valence-corrected chi connectivity index (χ4v) is 5.39. The highest BCUT2D eigenvalue weighted by molar-refractivity contribution is 7.89. The molecule has 3 heterocycles. The van der Waals surface area contributed by atoms with Gasteiger partial charge in [0, 0.05) is 36.2 Å². The molecule has 0 amide bonds. The summed E-state index contributed by atoms with van der Waals surface area (Å²) in [6.07, 6.45) is 0.375. The summed E-state index contributed by atoms with van der Waals surface area (Å²) in [5.74, 6) is 0. The van der Waals surface area contributed by atoms with Crippen LogP contribution in [0.4, 0.5) is 0 Å². The molecule has 0 fully saturated rings. The highest BCUT2D eigenvalue weighted by Gasteiger charge is 2.31. The number of nitrogens with one attached hydrogen (secondary N) is 1. The molecule has 0 unspecified atom stereocenters. The van der Waals surface area contributed by atoms with Crippen LogP contribution in [0.15, 0.2) is 70.4 Å². The van der Waals surface area contributed by atoms with Gasteiger partial charge < -0.3 is 0 Å². The lowest BCUT2D eigenvalue weighted by atomic mass is 10.1. The van der Waals surface area contributed by atoms with Crippen molar-refractivity contribution in [2.24, 2.45) is 0 Å². The quantitative estimate of drug-likeness (QED) is 0.530. The lowest BCUT2D eigenvalue weighted by molar-refractivity contribution is 0.384. The van der Waals surface area contributed by atoms with Gasteiger partial charge in [-0.15, -0.1) is 0 Å². The van der Waals surface area contributed by atoms with Crippen LogP contribution in [0, 0.1) is 0 Å². The number of rotatable bonds is 3. The standard InChI is InChI=1S/C21H17ClN4O3S/c22-17-9-5-4-8-15(17)19-12-20-23-18-10-11-25(13-16(18)21(27)26(20)24-19)30(28,29)14-6-2-1-3-7-14/h1-9,12,24H,10-11,13H2. The number of aromatic amines is 1. The van der Waals surface area contributed by atoms with Crippen molar-refractivity contribution in [3.05, 3.63) is 87.3 Å². The van der Waals surface area contributed by atoms with Gasteiger partial charge in [0.05, 0.1) is 21.8 Å². The number of hydrogen-bond donors (Lipinski definition) is 1. The van der Waals surface area contributed by atoms with E-state index < -0.39 is 10.0 Å². The topological polar surface area (TPSA) is 87.5 Å². The third kappa shape index (κ3) is 3.04. The SMILES string of the molecule is O=c1c2c(nc3cc(-c4ccccc4Cl)[nH]n13)CCN(S(=O)(=O)c1ccccc1)C2. The van der Waals surface area contributed by atoms with Gasteiger partial charge in [0.2, 0.25) is 10.0 Å². The van der Waals surface area contributed by atoms with E-state index in [2.05, 4.69) is 10.1 Å². The molecule has 0 spiro atoms. The smallest absolute Gasteiger partial charge is 0.277 e. The highest BCUT2D eigenvalue weighted by atomic mass is 35.5. The number of hydrogen-bond acceptors (Lipinski definition) is 4. The second kappa shape index (κ2) is 7.09. The molecule has 30 heavy (non-hydrogen) atoms. The minimum absolute atomic E-state index is 0.0121. The Hall–Kier alpha value is -2.94. The number of fused-ring (bicyclic) bond motifs is 2. The molecule has 0 atom stereocenters. The molecule has 0 saturated carbocycles. The lowest BCUT2D eigenvalue weighted by Crippen LogP contribution is -2.40. The second-order valence-corrected chi connectivity index (χ2v) is 9.43. The Morgan fingerprint density at radius 1 is 1.03 bits per heavy atom. The normalized spacial score (nSPS) is 14.7. The van der Waals surface area contributed by atoms with E-state index in [4.69, 9.17) is 11.6 Å². The molecule has 1 aliphatic rings. The Morgan fingerprint density at radius 3 is 2.53 bits per heavy atom. The van der Waals surface area contributed by atoms with Gasteiger partial charge in [0.15, 0.2) is 5.65 Å². The maximum Gasteiger partial charge on any atom is 0.277 e. The molecule has 0 bridgehead atoms. The predicted octanol–water partition coefficient (Wildman–Crippen LogP) is 3.09. The fraction of sp³-hybridized carbons (Fsp3) is 0.143. The number of nitrogens with zero attached hydrogens (tertiary/aromatic N) is 3. The molecule has 4 aromatic rings. The average molecular weight is 441 g/mol. The second-order valence-electron chi connectivity index (χ2n) is 7.09. The third-order valence-electron chi connectivity index (χ3n) is 5.27. The fourth-order valence-electron chi connectivity index (χ4n) is 3.72. The van der Waals surface area contributed by atoms with Crippen molar-refractivity contribution in [3.8, 4) is 11.3 Å². The maximum absolute atomic E-state index is 13.1. The first kappa shape index (κ1) is 19.0. The van der Waals surface area contributed by atoms with E-state index in [0.29, 0.717) is 34.0 Å². The van der Waals surface area contributed by atoms with Gasteiger partial charge in [-0.3, -0.25) is 9.89 Å². The van der Waals surface area contributed by atoms with Gasteiger partial charge in [-0.05, 0) is 18.2 Å². The molecule has 1 aliphatic heterocycles. The van der Waals surface area contributed by atoms with Crippen molar-refractivity contribution in [2.75, 3.05) is 6.54 Å². The van der Waals surface area contributed by atoms with Gasteiger partial charge >= 0.3 is 0 Å². The lowest BCUT2D eigenvalue weighted by Gasteiger charge is -2.26. The molecule has 0 saturated heterocycles. The summed E-state index contributed by atoms with van der Waals surface area (Å²) in [5, 5.41) is 3.60. The van der Waals surface area contributed by atoms with Crippen molar-refractivity contribution >= 4 is 27.3 Å². The zero-order valence-electron chi connectivity index (χ0n) is 15.7. The van der Waals surface area contributed by atoms with Crippen LogP contribution in [-0.4, -0.2) is 33.9 Å². The molecular weight excluding hydrogens is 424 g/mol. The summed E-state index contributed by atoms with van der Waals surface area (Å²) < 4.78 is 28.6. The van der Waals surface area contributed by atoms with Crippen LogP contribution in [-0.2, 0) is 23.0 Å². The average Bonchev–Trinajstić information content (AvgIpc) is 3.19. The van der Waals surface area contributed by atoms with Crippen molar-refractivity contribution in [3.63, 3.8) is 0 Å². The molecule has 2 aromatic carbocycles. The highest BCUT2D eigenvalue weighted by Crippen LogP contribution is 2.28. The Labute approximate surface area is 177 Å². The molecule has 9 heteroatoms. The summed E-state index contributed by atoms with van der Waals surface area (Å²) in [6, 6.07) is 17.3. The minimum Gasteiger partial charge on any atom is -0.289 e. The summed E-state index contributed by atoms with van der Waals surface area (Å²) in [6.45, 7) is 0.260. The molecule has 152 valence electrons. The van der Waals surface area contributed by atoms with Crippen molar-refractivity contribution in [2.45, 2.75) is 17.9 Å². The van der Waals surface area contributed by atoms with Gasteiger partial charge in [0.25, 0.3) is 5.56 Å². The van der Waals surface area contributed by atoms with E-state index in [1.807, 2.05) is 18.2 Å². The molecule has 2 aromatic heterocycles. The minimum atomic E-state index is -3.69. The van der Waals surface area contributed by atoms with Gasteiger partial charge in [0.1, 0.15) is 0 Å². The summed E-state index contributed by atoms with van der Waals surface area (Å²) in [4.78, 5) is 18.0. The van der Waals surface area contributed by atoms with Gasteiger partial charge in [-0.2, -0.15) is 4.31 Å². The van der Waals surface area contributed by atoms with Crippen LogP contribution in [0.5, 0.6) is 0 Å². The summed E-state index contributed by atoms with van der Waals surface area (Å²) >= 11 is 6.28. The van der Waals surface area contributed by atoms with Gasteiger partial charge in [-0.1, -0.05) is 48.0 Å². The molecule has 0 aliphatic carbocycles. The van der Waals surface area contributed by atoms with Crippen LogP contribution in [0.3, 0.4) is 0 Å². The molecule has 0 radical (unpaired) electrons. The zero-order valence-corrected chi connectivity index (χ0v) is 17.3. The molecule has 5 rings (SSSR count). The van der Waals surface area contributed by atoms with Crippen LogP contribution in [0.2, 0.25) is 5.02 Å². The van der Waals surface area contributed by atoms with Gasteiger partial charge in [-0.25, -0.2) is 17.9 Å². The first-order chi connectivity index (χ1) is 14.4. The first-order valence-corrected chi connectivity index (χ1v) is 11.2. The van der Waals surface area contributed by atoms with Crippen molar-refractivity contribution in [1.82, 2.24) is 18.9 Å². The van der Waals surface area contributed by atoms with E-state index >= 15 is 0 Å². The molecule has 7 nitrogen and oxygen atoms in total. The number of halogens is 1. The molecule has 1 N–H and O–H groups in total. The summed E-state index contributed by atoms with van der Waals surface area (Å²) in [7, 11) is -3.69. The van der Waals surface area contributed by atoms with E-state index in [-0.39, 0.29) is 23.5 Å². The van der Waals surface area contributed by atoms with Crippen LogP contribution in [0.25, 0.3) is 16.9 Å². The number of aromatic nitrogens is 3. The first-order valence-electron chi connectivity index (χ1n) is 9.39. The number of H-pyrrole nitrogens is 1. The van der Waals surface area contributed by atoms with Crippen LogP contribution >= 0.6 is 11.6 Å². The van der Waals surface area contributed by atoms with Crippen molar-refractivity contribution < 1.29 is 8.42 Å². The zero-order chi connectivity index (χ0) is 20.9. The third-order valence-corrected chi connectivity index (χ3v) is 7.46. The Kier molecular flexibility index (Phi) is 4.50. The number of benzene rings is 2. The Balaban J connectivity index is 1.58. The predicted molar refractivity (Wildman–Crippen MR) is 114 cm³/mol. The Bertz CT molecular complexity index is 1430. The molecular formula is C21H17ClN4O3S. The largest absolute Gasteiger partial charge is 0.289 e. The summed E-state index contributed by atoms with van der Waals surface area (Å²) in [5.41, 5.74) is 2.61. The Morgan fingerprint density at radius 2 is 1.77 bits per heavy atom. The monoisotopic (exact) mass is 440 g/mol. The van der Waals surface area contributed by atoms with Crippen LogP contribution < -0.4 is 5.56 Å². The van der Waals surface area contributed by atoms with E-state index in [9.17, 15) is 13.2 Å². The van der Waals surface area contributed by atoms with E-state index in [1.54, 1.807) is 42.5 Å². The van der Waals surface area contributed by atoms with Crippen LogP contribution in [0.1, 0.15) is 11.3 Å². The van der Waals surface area contributed by atoms with Crippen molar-refractivity contribution in [1.29, 1.82) is 0 Å². The maximum atomic E-state index is 13.1. The van der Waals surface area contributed by atoms with E-state index in [1.165, 1.54) is 8.82 Å².